The molecule has 1 saturated heterocycles. The summed E-state index contributed by atoms with van der Waals surface area (Å²) in [5.74, 6) is 2.21. The molecule has 1 unspecified atom stereocenters. The Labute approximate surface area is 116 Å². The summed E-state index contributed by atoms with van der Waals surface area (Å²) in [7, 11) is 3.77. The van der Waals surface area contributed by atoms with Gasteiger partial charge < -0.3 is 14.8 Å². The van der Waals surface area contributed by atoms with Crippen molar-refractivity contribution in [2.45, 2.75) is 25.7 Å². The summed E-state index contributed by atoms with van der Waals surface area (Å²) >= 11 is 0. The van der Waals surface area contributed by atoms with Crippen LogP contribution in [0.1, 0.15) is 30.4 Å². The van der Waals surface area contributed by atoms with Crippen LogP contribution >= 0.6 is 0 Å². The van der Waals surface area contributed by atoms with E-state index in [1.807, 2.05) is 7.05 Å². The third-order valence-corrected chi connectivity index (χ3v) is 3.92. The first kappa shape index (κ1) is 14.4. The van der Waals surface area contributed by atoms with E-state index in [2.05, 4.69) is 30.4 Å². The molecule has 1 fully saturated rings. The molecule has 0 radical (unpaired) electrons. The molecule has 1 atom stereocenters. The maximum Gasteiger partial charge on any atom is 0.122 e. The van der Waals surface area contributed by atoms with Crippen LogP contribution in [-0.2, 0) is 11.2 Å². The Bertz CT molecular complexity index is 402. The molecule has 3 heteroatoms. The minimum Gasteiger partial charge on any atom is -0.496 e. The van der Waals surface area contributed by atoms with Gasteiger partial charge in [-0.3, -0.25) is 0 Å². The van der Waals surface area contributed by atoms with Crippen molar-refractivity contribution in [1.29, 1.82) is 0 Å². The number of nitrogens with one attached hydrogen (secondary N) is 1. The smallest absolute Gasteiger partial charge is 0.122 e. The van der Waals surface area contributed by atoms with Crippen LogP contribution in [0.2, 0.25) is 0 Å². The van der Waals surface area contributed by atoms with Crippen LogP contribution in [0.4, 0.5) is 0 Å². The minimum atomic E-state index is 0.500. The van der Waals surface area contributed by atoms with Crippen LogP contribution in [0.15, 0.2) is 18.2 Å². The summed E-state index contributed by atoms with van der Waals surface area (Å²) in [5.41, 5.74) is 2.71. The monoisotopic (exact) mass is 263 g/mol. The Morgan fingerprint density at radius 2 is 2.21 bits per heavy atom. The van der Waals surface area contributed by atoms with E-state index >= 15 is 0 Å². The van der Waals surface area contributed by atoms with Crippen LogP contribution in [0.5, 0.6) is 5.75 Å². The van der Waals surface area contributed by atoms with Gasteiger partial charge in [0.25, 0.3) is 0 Å². The number of likely N-dealkylation sites (N-methyl/N-ethyl adjacent to an activating group) is 1. The van der Waals surface area contributed by atoms with E-state index in [9.17, 15) is 0 Å². The minimum absolute atomic E-state index is 0.500. The van der Waals surface area contributed by atoms with Crippen molar-refractivity contribution in [3.63, 3.8) is 0 Å². The quantitative estimate of drug-likeness (QED) is 0.820. The lowest BCUT2D eigenvalue weighted by Gasteiger charge is -2.30. The molecular weight excluding hydrogens is 238 g/mol. The van der Waals surface area contributed by atoms with E-state index in [1.165, 1.54) is 17.5 Å². The molecule has 0 amide bonds. The molecule has 1 aliphatic heterocycles. The van der Waals surface area contributed by atoms with E-state index in [1.54, 1.807) is 7.11 Å². The first-order valence-corrected chi connectivity index (χ1v) is 7.17. The maximum absolute atomic E-state index is 5.55. The van der Waals surface area contributed by atoms with Crippen molar-refractivity contribution in [3.05, 3.63) is 29.3 Å². The fourth-order valence-electron chi connectivity index (χ4n) is 2.71. The van der Waals surface area contributed by atoms with Gasteiger partial charge in [0, 0.05) is 18.4 Å². The number of benzene rings is 1. The molecule has 0 spiro atoms. The second kappa shape index (κ2) is 6.92. The van der Waals surface area contributed by atoms with Crippen LogP contribution in [-0.4, -0.2) is 33.9 Å². The van der Waals surface area contributed by atoms with Gasteiger partial charge in [0.1, 0.15) is 5.75 Å². The molecule has 1 heterocycles. The number of rotatable bonds is 7. The lowest BCUT2D eigenvalue weighted by Crippen LogP contribution is -2.31. The SMILES string of the molecule is CCc1ccc(OC)c(C(CNC)CC2COC2)c1. The summed E-state index contributed by atoms with van der Waals surface area (Å²) in [6.07, 6.45) is 2.24. The van der Waals surface area contributed by atoms with Crippen molar-refractivity contribution in [3.8, 4) is 5.75 Å². The van der Waals surface area contributed by atoms with E-state index in [0.717, 1.165) is 31.9 Å². The zero-order valence-electron chi connectivity index (χ0n) is 12.2. The summed E-state index contributed by atoms with van der Waals surface area (Å²) in [4.78, 5) is 0. The van der Waals surface area contributed by atoms with Crippen molar-refractivity contribution >= 4 is 0 Å². The van der Waals surface area contributed by atoms with Crippen molar-refractivity contribution in [2.75, 3.05) is 33.9 Å². The number of aryl methyl sites for hydroxylation is 1. The average Bonchev–Trinajstić information content (AvgIpc) is 2.40. The molecule has 1 aliphatic rings. The number of methoxy groups -OCH3 is 1. The molecule has 106 valence electrons. The summed E-state index contributed by atoms with van der Waals surface area (Å²) < 4.78 is 10.8. The molecule has 0 aromatic heterocycles. The van der Waals surface area contributed by atoms with Gasteiger partial charge in [0.2, 0.25) is 0 Å². The molecular formula is C16H25NO2. The Morgan fingerprint density at radius 1 is 1.42 bits per heavy atom. The predicted molar refractivity (Wildman–Crippen MR) is 78.0 cm³/mol. The third-order valence-electron chi connectivity index (χ3n) is 3.92. The van der Waals surface area contributed by atoms with Gasteiger partial charge in [-0.15, -0.1) is 0 Å². The maximum atomic E-state index is 5.55. The lowest BCUT2D eigenvalue weighted by molar-refractivity contribution is -0.0385. The van der Waals surface area contributed by atoms with Crippen LogP contribution in [0, 0.1) is 5.92 Å². The molecule has 19 heavy (non-hydrogen) atoms. The summed E-state index contributed by atoms with van der Waals surface area (Å²) in [6.45, 7) is 5.00. The van der Waals surface area contributed by atoms with Gasteiger partial charge in [0.15, 0.2) is 0 Å². The first-order valence-electron chi connectivity index (χ1n) is 7.17. The molecule has 2 rings (SSSR count). The molecule has 1 N–H and O–H groups in total. The summed E-state index contributed by atoms with van der Waals surface area (Å²) in [6, 6.07) is 6.57. The van der Waals surface area contributed by atoms with Gasteiger partial charge in [-0.25, -0.2) is 0 Å². The number of ether oxygens (including phenoxy) is 2. The highest BCUT2D eigenvalue weighted by Crippen LogP contribution is 2.33. The van der Waals surface area contributed by atoms with E-state index in [-0.39, 0.29) is 0 Å². The zero-order valence-corrected chi connectivity index (χ0v) is 12.2. The van der Waals surface area contributed by atoms with Gasteiger partial charge in [-0.05, 0) is 37.1 Å². The molecule has 0 bridgehead atoms. The Hall–Kier alpha value is -1.06. The van der Waals surface area contributed by atoms with Crippen molar-refractivity contribution in [1.82, 2.24) is 5.32 Å². The summed E-state index contributed by atoms with van der Waals surface area (Å²) in [5, 5.41) is 3.31. The highest BCUT2D eigenvalue weighted by molar-refractivity contribution is 5.40. The third kappa shape index (κ3) is 3.48. The first-order chi connectivity index (χ1) is 9.28. The standard InChI is InChI=1S/C16H25NO2/c1-4-12-5-6-16(18-3)15(8-12)14(9-17-2)7-13-10-19-11-13/h5-6,8,13-14,17H,4,7,9-11H2,1-3H3. The lowest BCUT2D eigenvalue weighted by atomic mass is 9.86. The van der Waals surface area contributed by atoms with Gasteiger partial charge >= 0.3 is 0 Å². The molecule has 1 aromatic carbocycles. The average molecular weight is 263 g/mol. The van der Waals surface area contributed by atoms with Crippen LogP contribution in [0.25, 0.3) is 0 Å². The van der Waals surface area contributed by atoms with E-state index in [4.69, 9.17) is 9.47 Å². The molecule has 0 saturated carbocycles. The topological polar surface area (TPSA) is 30.5 Å². The number of hydrogen-bond acceptors (Lipinski definition) is 3. The van der Waals surface area contributed by atoms with Crippen LogP contribution < -0.4 is 10.1 Å². The Morgan fingerprint density at radius 3 is 2.74 bits per heavy atom. The second-order valence-electron chi connectivity index (χ2n) is 5.32. The molecule has 1 aromatic rings. The van der Waals surface area contributed by atoms with Gasteiger partial charge in [-0.2, -0.15) is 0 Å². The largest absolute Gasteiger partial charge is 0.496 e. The predicted octanol–water partition coefficient (Wildman–Crippen LogP) is 2.60. The normalized spacial score (nSPS) is 17.0. The fraction of sp³-hybridized carbons (Fsp3) is 0.625. The van der Waals surface area contributed by atoms with E-state index in [0.29, 0.717) is 11.8 Å². The van der Waals surface area contributed by atoms with Crippen LogP contribution in [0.3, 0.4) is 0 Å². The van der Waals surface area contributed by atoms with Crippen molar-refractivity contribution in [2.24, 2.45) is 5.92 Å². The highest BCUT2D eigenvalue weighted by Gasteiger charge is 2.25. The Kier molecular flexibility index (Phi) is 5.23. The second-order valence-corrected chi connectivity index (χ2v) is 5.32. The fourth-order valence-corrected chi connectivity index (χ4v) is 2.71. The van der Waals surface area contributed by atoms with Gasteiger partial charge in [-0.1, -0.05) is 19.1 Å². The van der Waals surface area contributed by atoms with Gasteiger partial charge in [0.05, 0.1) is 20.3 Å². The Balaban J connectivity index is 2.21. The van der Waals surface area contributed by atoms with E-state index < -0.39 is 0 Å². The van der Waals surface area contributed by atoms with Crippen molar-refractivity contribution < 1.29 is 9.47 Å². The molecule has 3 nitrogen and oxygen atoms in total. The highest BCUT2D eigenvalue weighted by atomic mass is 16.5. The zero-order chi connectivity index (χ0) is 13.7. The number of hydrogen-bond donors (Lipinski definition) is 1. The molecule has 0 aliphatic carbocycles.